The molecule has 3 heterocycles. The van der Waals surface area contributed by atoms with Crippen molar-refractivity contribution in [3.05, 3.63) is 71.8 Å². The average molecular weight is 462 g/mol. The van der Waals surface area contributed by atoms with E-state index >= 15 is 0 Å². The zero-order valence-electron chi connectivity index (χ0n) is 19.7. The van der Waals surface area contributed by atoms with Crippen molar-refractivity contribution < 1.29 is 15.0 Å². The molecule has 34 heavy (non-hydrogen) atoms. The Bertz CT molecular complexity index is 1020. The molecule has 3 N–H and O–H groups in total. The van der Waals surface area contributed by atoms with Gasteiger partial charge in [-0.25, -0.2) is 0 Å². The number of aliphatic hydroxyl groups excluding tert-OH is 1. The number of carbonyl (C=O) groups excluding carboxylic acids is 1. The highest BCUT2D eigenvalue weighted by atomic mass is 16.3. The van der Waals surface area contributed by atoms with Crippen LogP contribution in [0.5, 0.6) is 0 Å². The number of hydrogen-bond acceptors (Lipinski definition) is 5. The molecule has 0 radical (unpaired) electrons. The molecular weight excluding hydrogens is 426 g/mol. The van der Waals surface area contributed by atoms with Crippen LogP contribution in [0.3, 0.4) is 0 Å². The Hall–Kier alpha value is -2.67. The van der Waals surface area contributed by atoms with E-state index in [9.17, 15) is 15.0 Å². The van der Waals surface area contributed by atoms with Crippen LogP contribution in [-0.4, -0.2) is 76.9 Å². The molecule has 1 atom stereocenters. The number of β-amino-alcohol motifs (C(OH)–C–C–N with tert-alkyl or cyclic N) is 1. The molecule has 0 saturated carbocycles. The summed E-state index contributed by atoms with van der Waals surface area (Å²) in [7, 11) is 0. The number of carbonyl (C=O) groups is 1. The third kappa shape index (κ3) is 4.63. The van der Waals surface area contributed by atoms with Crippen LogP contribution in [0.4, 0.5) is 5.69 Å². The standard InChI is InChI=1S/C28H35N3O3/c32-25(20-30-16-12-27(13-17-30)21-29-24-9-5-4-8-23(24)27)28(34)14-18-31(19-15-28)26(33)11-10-22-6-2-1-3-7-22/h1-11,25,29,32,34H,12-21H2/b11-10+/t25-/m0/s1. The molecule has 1 spiro atoms. The zero-order chi connectivity index (χ0) is 23.6. The number of nitrogens with zero attached hydrogens (tertiary/aromatic N) is 2. The smallest absolute Gasteiger partial charge is 0.246 e. The fraction of sp³-hybridized carbons (Fsp3) is 0.464. The molecule has 2 aromatic carbocycles. The molecule has 3 aliphatic heterocycles. The fourth-order valence-corrected chi connectivity index (χ4v) is 5.77. The van der Waals surface area contributed by atoms with E-state index in [2.05, 4.69) is 34.5 Å². The van der Waals surface area contributed by atoms with Crippen molar-refractivity contribution in [2.75, 3.05) is 44.6 Å². The number of fused-ring (bicyclic) bond motifs is 2. The summed E-state index contributed by atoms with van der Waals surface area (Å²) < 4.78 is 0. The highest BCUT2D eigenvalue weighted by Crippen LogP contribution is 2.44. The lowest BCUT2D eigenvalue weighted by Gasteiger charge is -2.44. The number of nitrogens with one attached hydrogen (secondary N) is 1. The fourth-order valence-electron chi connectivity index (χ4n) is 5.77. The van der Waals surface area contributed by atoms with Gasteiger partial charge in [-0.05, 0) is 62.0 Å². The van der Waals surface area contributed by atoms with Gasteiger partial charge in [-0.1, -0.05) is 48.5 Å². The Morgan fingerprint density at radius 3 is 2.38 bits per heavy atom. The van der Waals surface area contributed by atoms with Gasteiger partial charge in [0.25, 0.3) is 0 Å². The number of benzene rings is 2. The SMILES string of the molecule is O=C(/C=C/c1ccccc1)N1CCC(O)([C@@H](O)CN2CCC3(CC2)CNc2ccccc23)CC1. The molecule has 1 amide bonds. The number of aliphatic hydroxyl groups is 2. The second-order valence-electron chi connectivity index (χ2n) is 10.2. The summed E-state index contributed by atoms with van der Waals surface area (Å²) in [6.45, 7) is 4.20. The van der Waals surface area contributed by atoms with Gasteiger partial charge >= 0.3 is 0 Å². The van der Waals surface area contributed by atoms with Crippen molar-refractivity contribution in [3.8, 4) is 0 Å². The first-order valence-corrected chi connectivity index (χ1v) is 12.5. The first-order valence-electron chi connectivity index (χ1n) is 12.5. The van der Waals surface area contributed by atoms with E-state index < -0.39 is 11.7 Å². The van der Waals surface area contributed by atoms with Gasteiger partial charge in [-0.15, -0.1) is 0 Å². The molecule has 0 unspecified atom stereocenters. The van der Waals surface area contributed by atoms with Gasteiger partial charge in [0, 0.05) is 43.4 Å². The van der Waals surface area contributed by atoms with E-state index in [-0.39, 0.29) is 11.3 Å². The minimum absolute atomic E-state index is 0.0489. The summed E-state index contributed by atoms with van der Waals surface area (Å²) in [6, 6.07) is 18.3. The van der Waals surface area contributed by atoms with Crippen LogP contribution < -0.4 is 5.32 Å². The third-order valence-corrected chi connectivity index (χ3v) is 8.14. The maximum atomic E-state index is 12.6. The van der Waals surface area contributed by atoms with E-state index in [1.165, 1.54) is 11.3 Å². The Labute approximate surface area is 201 Å². The lowest BCUT2D eigenvalue weighted by Crippen LogP contribution is -2.56. The van der Waals surface area contributed by atoms with E-state index in [1.807, 2.05) is 36.4 Å². The molecule has 5 rings (SSSR count). The monoisotopic (exact) mass is 461 g/mol. The Balaban J connectivity index is 1.11. The maximum absolute atomic E-state index is 12.6. The number of rotatable bonds is 5. The van der Waals surface area contributed by atoms with Gasteiger partial charge < -0.3 is 25.3 Å². The Kier molecular flexibility index (Phi) is 6.47. The highest BCUT2D eigenvalue weighted by molar-refractivity contribution is 5.91. The van der Waals surface area contributed by atoms with Crippen molar-refractivity contribution in [3.63, 3.8) is 0 Å². The summed E-state index contributed by atoms with van der Waals surface area (Å²) in [5.74, 6) is -0.0489. The molecule has 6 heteroatoms. The number of likely N-dealkylation sites (tertiary alicyclic amines) is 2. The minimum atomic E-state index is -1.14. The van der Waals surface area contributed by atoms with Crippen molar-refractivity contribution in [2.45, 2.75) is 42.8 Å². The summed E-state index contributed by atoms with van der Waals surface area (Å²) in [5, 5.41) is 25.7. The predicted molar refractivity (Wildman–Crippen MR) is 135 cm³/mol. The molecule has 2 fully saturated rings. The summed E-state index contributed by atoms with van der Waals surface area (Å²) in [4.78, 5) is 16.6. The highest BCUT2D eigenvalue weighted by Gasteiger charge is 2.44. The number of para-hydroxylation sites is 1. The normalized spacial score (nSPS) is 22.5. The molecular formula is C28H35N3O3. The van der Waals surface area contributed by atoms with Crippen LogP contribution in [0.2, 0.25) is 0 Å². The van der Waals surface area contributed by atoms with E-state index in [0.29, 0.717) is 32.5 Å². The Morgan fingerprint density at radius 1 is 0.971 bits per heavy atom. The van der Waals surface area contributed by atoms with Crippen LogP contribution in [0.15, 0.2) is 60.7 Å². The molecule has 0 aromatic heterocycles. The molecule has 180 valence electrons. The van der Waals surface area contributed by atoms with Crippen LogP contribution in [0, 0.1) is 0 Å². The molecule has 0 bridgehead atoms. The molecule has 6 nitrogen and oxygen atoms in total. The van der Waals surface area contributed by atoms with E-state index in [1.54, 1.807) is 11.0 Å². The van der Waals surface area contributed by atoms with Gasteiger partial charge in [0.15, 0.2) is 0 Å². The number of amides is 1. The van der Waals surface area contributed by atoms with Crippen molar-refractivity contribution >= 4 is 17.7 Å². The minimum Gasteiger partial charge on any atom is -0.389 e. The van der Waals surface area contributed by atoms with Gasteiger partial charge in [-0.3, -0.25) is 4.79 Å². The Morgan fingerprint density at radius 2 is 1.65 bits per heavy atom. The number of anilines is 1. The molecule has 2 saturated heterocycles. The van der Waals surface area contributed by atoms with E-state index in [4.69, 9.17) is 0 Å². The van der Waals surface area contributed by atoms with Gasteiger partial charge in [0.05, 0.1) is 11.7 Å². The van der Waals surface area contributed by atoms with Gasteiger partial charge in [0.1, 0.15) is 0 Å². The molecule has 3 aliphatic rings. The topological polar surface area (TPSA) is 76.0 Å². The quantitative estimate of drug-likeness (QED) is 0.597. The van der Waals surface area contributed by atoms with Gasteiger partial charge in [-0.2, -0.15) is 0 Å². The number of piperidine rings is 2. The maximum Gasteiger partial charge on any atom is 0.246 e. The first-order chi connectivity index (χ1) is 16.5. The van der Waals surface area contributed by atoms with Crippen molar-refractivity contribution in [1.29, 1.82) is 0 Å². The molecule has 2 aromatic rings. The van der Waals surface area contributed by atoms with Crippen LogP contribution >= 0.6 is 0 Å². The van der Waals surface area contributed by atoms with Crippen LogP contribution in [0.25, 0.3) is 6.08 Å². The summed E-state index contributed by atoms with van der Waals surface area (Å²) in [6.07, 6.45) is 5.50. The predicted octanol–water partition coefficient (Wildman–Crippen LogP) is 2.87. The lowest BCUT2D eigenvalue weighted by atomic mass is 9.74. The zero-order valence-corrected chi connectivity index (χ0v) is 19.7. The second-order valence-corrected chi connectivity index (χ2v) is 10.2. The second kappa shape index (κ2) is 9.53. The van der Waals surface area contributed by atoms with Crippen LogP contribution in [0.1, 0.15) is 36.8 Å². The van der Waals surface area contributed by atoms with Crippen molar-refractivity contribution in [1.82, 2.24) is 9.80 Å². The first kappa shape index (κ1) is 23.1. The summed E-state index contributed by atoms with van der Waals surface area (Å²) in [5.41, 5.74) is 2.71. The van der Waals surface area contributed by atoms with Gasteiger partial charge in [0.2, 0.25) is 5.91 Å². The average Bonchev–Trinajstić information content (AvgIpc) is 3.23. The van der Waals surface area contributed by atoms with E-state index in [0.717, 1.165) is 38.0 Å². The van der Waals surface area contributed by atoms with Crippen LogP contribution in [-0.2, 0) is 10.2 Å². The lowest BCUT2D eigenvalue weighted by molar-refractivity contribution is -0.140. The molecule has 0 aliphatic carbocycles. The number of hydrogen-bond donors (Lipinski definition) is 3. The van der Waals surface area contributed by atoms with Crippen molar-refractivity contribution in [2.24, 2.45) is 0 Å². The third-order valence-electron chi connectivity index (χ3n) is 8.14. The largest absolute Gasteiger partial charge is 0.389 e. The summed E-state index contributed by atoms with van der Waals surface area (Å²) >= 11 is 0.